The molecule has 1 aliphatic rings. The Labute approximate surface area is 149 Å². The summed E-state index contributed by atoms with van der Waals surface area (Å²) in [5, 5.41) is 3.03. The zero-order valence-electron chi connectivity index (χ0n) is 14.3. The van der Waals surface area contributed by atoms with Gasteiger partial charge in [0.15, 0.2) is 0 Å². The number of carbonyl (C=O) groups excluding carboxylic acids is 2. The molecule has 6 heteroatoms. The molecule has 0 aromatic heterocycles. The van der Waals surface area contributed by atoms with Crippen LogP contribution in [0, 0.1) is 5.92 Å². The van der Waals surface area contributed by atoms with Gasteiger partial charge >= 0.3 is 5.97 Å². The van der Waals surface area contributed by atoms with Crippen LogP contribution in [0.2, 0.25) is 0 Å². The van der Waals surface area contributed by atoms with Crippen LogP contribution in [0.1, 0.15) is 45.1 Å². The minimum absolute atomic E-state index is 0. The van der Waals surface area contributed by atoms with Crippen molar-refractivity contribution in [2.45, 2.75) is 51.1 Å². The molecule has 1 aromatic carbocycles. The van der Waals surface area contributed by atoms with E-state index in [2.05, 4.69) is 5.32 Å². The maximum atomic E-state index is 12.5. The molecule has 1 unspecified atom stereocenters. The van der Waals surface area contributed by atoms with Gasteiger partial charge in [-0.15, -0.1) is 12.4 Å². The van der Waals surface area contributed by atoms with E-state index in [1.807, 2.05) is 37.3 Å². The lowest BCUT2D eigenvalue weighted by atomic mass is 9.85. The van der Waals surface area contributed by atoms with E-state index in [9.17, 15) is 9.59 Å². The molecular formula is C18H27ClN2O3. The molecule has 1 saturated carbocycles. The summed E-state index contributed by atoms with van der Waals surface area (Å²) in [4.78, 5) is 24.3. The van der Waals surface area contributed by atoms with Crippen molar-refractivity contribution < 1.29 is 14.3 Å². The third-order valence-electron chi connectivity index (χ3n) is 4.53. The van der Waals surface area contributed by atoms with Crippen molar-refractivity contribution in [3.05, 3.63) is 35.9 Å². The van der Waals surface area contributed by atoms with Crippen LogP contribution >= 0.6 is 12.4 Å². The highest BCUT2D eigenvalue weighted by Crippen LogP contribution is 2.26. The van der Waals surface area contributed by atoms with Crippen molar-refractivity contribution >= 4 is 24.3 Å². The molecule has 0 saturated heterocycles. The third kappa shape index (κ3) is 4.95. The van der Waals surface area contributed by atoms with Crippen molar-refractivity contribution in [1.29, 1.82) is 0 Å². The molecule has 1 aromatic rings. The van der Waals surface area contributed by atoms with Gasteiger partial charge in [0.1, 0.15) is 5.54 Å². The lowest BCUT2D eigenvalue weighted by Crippen LogP contribution is -2.52. The lowest BCUT2D eigenvalue weighted by Gasteiger charge is -2.31. The van der Waals surface area contributed by atoms with Gasteiger partial charge in [-0.2, -0.15) is 0 Å². The Morgan fingerprint density at radius 1 is 1.21 bits per heavy atom. The van der Waals surface area contributed by atoms with Crippen molar-refractivity contribution in [2.75, 3.05) is 6.61 Å². The molecule has 0 bridgehead atoms. The van der Waals surface area contributed by atoms with Crippen LogP contribution in [0.25, 0.3) is 0 Å². The van der Waals surface area contributed by atoms with E-state index in [1.54, 1.807) is 6.92 Å². The molecule has 134 valence electrons. The Morgan fingerprint density at radius 3 is 2.33 bits per heavy atom. The number of nitrogens with two attached hydrogens (primary N) is 1. The Balaban J connectivity index is 0.00000288. The summed E-state index contributed by atoms with van der Waals surface area (Å²) < 4.78 is 5.06. The van der Waals surface area contributed by atoms with Crippen LogP contribution < -0.4 is 11.1 Å². The summed E-state index contributed by atoms with van der Waals surface area (Å²) in [6.07, 6.45) is 3.05. The lowest BCUT2D eigenvalue weighted by molar-refractivity contribution is -0.149. The number of ether oxygens (including phenoxy) is 1. The predicted molar refractivity (Wildman–Crippen MR) is 95.8 cm³/mol. The van der Waals surface area contributed by atoms with E-state index in [4.69, 9.17) is 10.5 Å². The van der Waals surface area contributed by atoms with Gasteiger partial charge in [0.25, 0.3) is 0 Å². The van der Waals surface area contributed by atoms with Gasteiger partial charge in [0.2, 0.25) is 5.91 Å². The smallest absolute Gasteiger partial charge is 0.308 e. The van der Waals surface area contributed by atoms with E-state index in [-0.39, 0.29) is 36.2 Å². The van der Waals surface area contributed by atoms with E-state index < -0.39 is 5.54 Å². The number of nitrogens with one attached hydrogen (secondary N) is 1. The largest absolute Gasteiger partial charge is 0.466 e. The maximum Gasteiger partial charge on any atom is 0.308 e. The van der Waals surface area contributed by atoms with Gasteiger partial charge in [-0.05, 0) is 45.1 Å². The number of hydrogen-bond donors (Lipinski definition) is 2. The molecule has 1 atom stereocenters. The Hall–Kier alpha value is -1.59. The SMILES string of the molecule is CCOC(=O)C1CCC(NC(=O)C(C)(N)c2ccccc2)CC1.Cl. The van der Waals surface area contributed by atoms with Crippen LogP contribution in [0.3, 0.4) is 0 Å². The third-order valence-corrected chi connectivity index (χ3v) is 4.53. The minimum atomic E-state index is -1.06. The van der Waals surface area contributed by atoms with Crippen molar-refractivity contribution in [3.63, 3.8) is 0 Å². The molecule has 0 heterocycles. The van der Waals surface area contributed by atoms with Gasteiger partial charge < -0.3 is 15.8 Å². The highest BCUT2D eigenvalue weighted by Gasteiger charge is 2.34. The monoisotopic (exact) mass is 354 g/mol. The second-order valence-corrected chi connectivity index (χ2v) is 6.34. The molecule has 1 aliphatic carbocycles. The van der Waals surface area contributed by atoms with E-state index in [0.717, 1.165) is 31.2 Å². The number of hydrogen-bond acceptors (Lipinski definition) is 4. The first-order chi connectivity index (χ1) is 10.9. The van der Waals surface area contributed by atoms with Crippen LogP contribution in [0.5, 0.6) is 0 Å². The number of halogens is 1. The van der Waals surface area contributed by atoms with Crippen LogP contribution in [-0.2, 0) is 19.9 Å². The Bertz CT molecular complexity index is 540. The van der Waals surface area contributed by atoms with E-state index in [0.29, 0.717) is 6.61 Å². The van der Waals surface area contributed by atoms with Gasteiger partial charge in [-0.1, -0.05) is 30.3 Å². The maximum absolute atomic E-state index is 12.5. The molecule has 0 radical (unpaired) electrons. The molecule has 0 spiro atoms. The summed E-state index contributed by atoms with van der Waals surface area (Å²) in [5.41, 5.74) is 5.96. The normalized spacial score (nSPS) is 22.6. The summed E-state index contributed by atoms with van der Waals surface area (Å²) in [7, 11) is 0. The standard InChI is InChI=1S/C18H26N2O3.ClH/c1-3-23-16(21)13-9-11-15(12-10-13)20-17(22)18(2,19)14-7-5-4-6-8-14;/h4-8,13,15H,3,9-12,19H2,1-2H3,(H,20,22);1H. The molecule has 24 heavy (non-hydrogen) atoms. The minimum Gasteiger partial charge on any atom is -0.466 e. The topological polar surface area (TPSA) is 81.4 Å². The van der Waals surface area contributed by atoms with Crippen LogP contribution in [0.4, 0.5) is 0 Å². The molecule has 0 aliphatic heterocycles. The number of esters is 1. The zero-order chi connectivity index (χ0) is 16.9. The summed E-state index contributed by atoms with van der Waals surface area (Å²) >= 11 is 0. The van der Waals surface area contributed by atoms with Crippen molar-refractivity contribution in [1.82, 2.24) is 5.32 Å². The summed E-state index contributed by atoms with van der Waals surface area (Å²) in [5.74, 6) is -0.338. The van der Waals surface area contributed by atoms with Crippen LogP contribution in [-0.4, -0.2) is 24.5 Å². The second kappa shape index (κ2) is 9.04. The number of carbonyl (C=O) groups is 2. The second-order valence-electron chi connectivity index (χ2n) is 6.34. The van der Waals surface area contributed by atoms with Gasteiger partial charge in [0.05, 0.1) is 12.5 Å². The molecular weight excluding hydrogens is 328 g/mol. The van der Waals surface area contributed by atoms with E-state index >= 15 is 0 Å². The fourth-order valence-electron chi connectivity index (χ4n) is 2.98. The fraction of sp³-hybridized carbons (Fsp3) is 0.556. The first-order valence-corrected chi connectivity index (χ1v) is 8.27. The Morgan fingerprint density at radius 2 is 1.79 bits per heavy atom. The van der Waals surface area contributed by atoms with Crippen molar-refractivity contribution in [3.8, 4) is 0 Å². The van der Waals surface area contributed by atoms with Gasteiger partial charge in [-0.25, -0.2) is 0 Å². The molecule has 1 amide bonds. The van der Waals surface area contributed by atoms with E-state index in [1.165, 1.54) is 0 Å². The number of rotatable bonds is 5. The van der Waals surface area contributed by atoms with Gasteiger partial charge in [0, 0.05) is 6.04 Å². The quantitative estimate of drug-likeness (QED) is 0.796. The Kier molecular flexibility index (Phi) is 7.70. The highest BCUT2D eigenvalue weighted by atomic mass is 35.5. The first-order valence-electron chi connectivity index (χ1n) is 8.27. The molecule has 1 fully saturated rings. The summed E-state index contributed by atoms with van der Waals surface area (Å²) in [6.45, 7) is 3.95. The fourth-order valence-corrected chi connectivity index (χ4v) is 2.98. The average molecular weight is 355 g/mol. The predicted octanol–water partition coefficient (Wildman–Crippen LogP) is 2.52. The zero-order valence-corrected chi connectivity index (χ0v) is 15.1. The summed E-state index contributed by atoms with van der Waals surface area (Å²) in [6, 6.07) is 9.43. The van der Waals surface area contributed by atoms with Crippen LogP contribution in [0.15, 0.2) is 30.3 Å². The van der Waals surface area contributed by atoms with Gasteiger partial charge in [-0.3, -0.25) is 9.59 Å². The number of benzene rings is 1. The number of amides is 1. The first kappa shape index (κ1) is 20.5. The molecule has 5 nitrogen and oxygen atoms in total. The highest BCUT2D eigenvalue weighted by molar-refractivity contribution is 5.87. The average Bonchev–Trinajstić information content (AvgIpc) is 2.56. The molecule has 3 N–H and O–H groups in total. The molecule has 2 rings (SSSR count). The van der Waals surface area contributed by atoms with Crippen molar-refractivity contribution in [2.24, 2.45) is 11.7 Å².